The molecule has 1 aliphatic heterocycles. The molecule has 0 bridgehead atoms. The van der Waals surface area contributed by atoms with E-state index in [4.69, 9.17) is 16.0 Å². The minimum Gasteiger partial charge on any atom is -0.408 e. The van der Waals surface area contributed by atoms with Crippen LogP contribution >= 0.6 is 23.4 Å². The SMILES string of the molecule is CSCC[C@@H](NS(=O)(=O)c1ccc2c(c1)oc(=O)n2C)C(=O)N1CCN([C@H](c2ccccc2)c2ccc(Cl)cc2)CC1. The molecule has 0 saturated carbocycles. The Morgan fingerprint density at radius 2 is 1.67 bits per heavy atom. The van der Waals surface area contributed by atoms with Crippen LogP contribution in [0.25, 0.3) is 11.1 Å². The number of piperazine rings is 1. The lowest BCUT2D eigenvalue weighted by molar-refractivity contribution is -0.135. The van der Waals surface area contributed by atoms with Gasteiger partial charge < -0.3 is 9.32 Å². The first-order valence-corrected chi connectivity index (χ1v) is 16.9. The minimum atomic E-state index is -4.07. The molecular weight excluding hydrogens is 596 g/mol. The molecule has 2 atom stereocenters. The van der Waals surface area contributed by atoms with Gasteiger partial charge in [0.1, 0.15) is 6.04 Å². The van der Waals surface area contributed by atoms with E-state index in [9.17, 15) is 18.0 Å². The van der Waals surface area contributed by atoms with Gasteiger partial charge in [-0.05, 0) is 53.8 Å². The normalized spacial score (nSPS) is 16.0. The number of rotatable bonds is 10. The zero-order chi connectivity index (χ0) is 29.9. The first-order valence-electron chi connectivity index (χ1n) is 13.6. The van der Waals surface area contributed by atoms with Crippen molar-refractivity contribution in [1.29, 1.82) is 0 Å². The van der Waals surface area contributed by atoms with Gasteiger partial charge in [-0.3, -0.25) is 14.3 Å². The molecule has 5 rings (SSSR count). The van der Waals surface area contributed by atoms with Gasteiger partial charge in [-0.15, -0.1) is 0 Å². The second kappa shape index (κ2) is 13.0. The van der Waals surface area contributed by atoms with Crippen LogP contribution in [0.3, 0.4) is 0 Å². The number of oxazole rings is 1. The lowest BCUT2D eigenvalue weighted by Crippen LogP contribution is -2.55. The number of thioether (sulfide) groups is 1. The summed E-state index contributed by atoms with van der Waals surface area (Å²) in [5.41, 5.74) is 2.92. The van der Waals surface area contributed by atoms with Crippen molar-refractivity contribution in [2.45, 2.75) is 23.4 Å². The molecule has 0 radical (unpaired) electrons. The van der Waals surface area contributed by atoms with E-state index in [-0.39, 0.29) is 22.4 Å². The van der Waals surface area contributed by atoms with Crippen LogP contribution in [0.2, 0.25) is 5.02 Å². The van der Waals surface area contributed by atoms with Crippen molar-refractivity contribution in [3.63, 3.8) is 0 Å². The van der Waals surface area contributed by atoms with E-state index < -0.39 is 21.8 Å². The molecular formula is C30H33ClN4O5S2. The van der Waals surface area contributed by atoms with Crippen LogP contribution in [-0.2, 0) is 21.9 Å². The Labute approximate surface area is 254 Å². The predicted octanol–water partition coefficient (Wildman–Crippen LogP) is 4.12. The van der Waals surface area contributed by atoms with Crippen molar-refractivity contribution in [3.8, 4) is 0 Å². The zero-order valence-electron chi connectivity index (χ0n) is 23.4. The van der Waals surface area contributed by atoms with Crippen LogP contribution < -0.4 is 10.5 Å². The van der Waals surface area contributed by atoms with Gasteiger partial charge in [-0.1, -0.05) is 54.1 Å². The Hall–Kier alpha value is -3.09. The first kappa shape index (κ1) is 30.4. The number of hydrogen-bond donors (Lipinski definition) is 1. The van der Waals surface area contributed by atoms with Crippen molar-refractivity contribution < 1.29 is 17.6 Å². The topological polar surface area (TPSA) is 105 Å². The number of halogens is 1. The smallest absolute Gasteiger partial charge is 0.408 e. The second-order valence-electron chi connectivity index (χ2n) is 10.2. The number of sulfonamides is 1. The fourth-order valence-corrected chi connectivity index (χ4v) is 7.16. The molecule has 0 spiro atoms. The van der Waals surface area contributed by atoms with Crippen LogP contribution in [0.4, 0.5) is 0 Å². The summed E-state index contributed by atoms with van der Waals surface area (Å²) in [5, 5.41) is 0.674. The molecule has 222 valence electrons. The number of carbonyl (C=O) groups excluding carboxylic acids is 1. The van der Waals surface area contributed by atoms with E-state index in [1.54, 1.807) is 23.7 Å². The lowest BCUT2D eigenvalue weighted by atomic mass is 9.96. The highest BCUT2D eigenvalue weighted by molar-refractivity contribution is 7.98. The van der Waals surface area contributed by atoms with Gasteiger partial charge in [0.15, 0.2) is 5.58 Å². The van der Waals surface area contributed by atoms with E-state index in [2.05, 4.69) is 21.8 Å². The van der Waals surface area contributed by atoms with Gasteiger partial charge in [-0.2, -0.15) is 16.5 Å². The molecule has 4 aromatic rings. The van der Waals surface area contributed by atoms with Crippen molar-refractivity contribution in [1.82, 2.24) is 19.1 Å². The Morgan fingerprint density at radius 3 is 2.33 bits per heavy atom. The van der Waals surface area contributed by atoms with E-state index in [0.29, 0.717) is 48.9 Å². The van der Waals surface area contributed by atoms with E-state index >= 15 is 0 Å². The number of aryl methyl sites for hydroxylation is 1. The largest absolute Gasteiger partial charge is 0.419 e. The molecule has 42 heavy (non-hydrogen) atoms. The summed E-state index contributed by atoms with van der Waals surface area (Å²) in [4.78, 5) is 29.6. The van der Waals surface area contributed by atoms with Crippen LogP contribution in [0.5, 0.6) is 0 Å². The maximum absolute atomic E-state index is 13.7. The molecule has 3 aromatic carbocycles. The Kier molecular flexibility index (Phi) is 9.44. The average molecular weight is 629 g/mol. The number of nitrogens with one attached hydrogen (secondary N) is 1. The van der Waals surface area contributed by atoms with Crippen LogP contribution in [0.15, 0.2) is 86.9 Å². The quantitative estimate of drug-likeness (QED) is 0.282. The minimum absolute atomic E-state index is 0.000496. The van der Waals surface area contributed by atoms with Gasteiger partial charge >= 0.3 is 5.76 Å². The summed E-state index contributed by atoms with van der Waals surface area (Å²) in [6.07, 6.45) is 2.26. The molecule has 2 heterocycles. The summed E-state index contributed by atoms with van der Waals surface area (Å²) in [6, 6.07) is 21.4. The van der Waals surface area contributed by atoms with Gasteiger partial charge in [0.25, 0.3) is 0 Å². The van der Waals surface area contributed by atoms with E-state index in [0.717, 1.165) is 11.1 Å². The average Bonchev–Trinajstić information content (AvgIpc) is 3.29. The number of nitrogens with zero attached hydrogens (tertiary/aromatic N) is 3. The second-order valence-corrected chi connectivity index (χ2v) is 13.4. The number of fused-ring (bicyclic) bond motifs is 1. The van der Waals surface area contributed by atoms with Crippen molar-refractivity contribution in [3.05, 3.63) is 99.5 Å². The molecule has 0 aliphatic carbocycles. The van der Waals surface area contributed by atoms with E-state index in [1.165, 1.54) is 22.8 Å². The van der Waals surface area contributed by atoms with E-state index in [1.807, 2.05) is 48.7 Å². The number of benzene rings is 3. The van der Waals surface area contributed by atoms with Gasteiger partial charge in [0.2, 0.25) is 15.9 Å². The highest BCUT2D eigenvalue weighted by Gasteiger charge is 2.33. The summed E-state index contributed by atoms with van der Waals surface area (Å²) in [6.45, 7) is 2.18. The summed E-state index contributed by atoms with van der Waals surface area (Å²) in [5.74, 6) is -0.217. The van der Waals surface area contributed by atoms with Crippen molar-refractivity contribution in [2.24, 2.45) is 7.05 Å². The van der Waals surface area contributed by atoms with Crippen molar-refractivity contribution >= 4 is 50.4 Å². The van der Waals surface area contributed by atoms with Gasteiger partial charge in [0.05, 0.1) is 16.5 Å². The fraction of sp³-hybridized carbons (Fsp3) is 0.333. The lowest BCUT2D eigenvalue weighted by Gasteiger charge is -2.40. The third kappa shape index (κ3) is 6.60. The molecule has 1 aliphatic rings. The maximum Gasteiger partial charge on any atom is 0.419 e. The first-order chi connectivity index (χ1) is 20.2. The van der Waals surface area contributed by atoms with Crippen LogP contribution in [0, 0.1) is 0 Å². The monoisotopic (exact) mass is 628 g/mol. The Bertz CT molecular complexity index is 1700. The van der Waals surface area contributed by atoms with Crippen LogP contribution in [0.1, 0.15) is 23.6 Å². The molecule has 1 amide bonds. The van der Waals surface area contributed by atoms with Crippen molar-refractivity contribution in [2.75, 3.05) is 38.2 Å². The predicted molar refractivity (Wildman–Crippen MR) is 166 cm³/mol. The molecule has 12 heteroatoms. The third-order valence-corrected chi connectivity index (χ3v) is 9.94. The molecule has 1 fully saturated rings. The molecule has 0 unspecified atom stereocenters. The molecule has 1 N–H and O–H groups in total. The summed E-state index contributed by atoms with van der Waals surface area (Å²) in [7, 11) is -2.52. The molecule has 1 aromatic heterocycles. The summed E-state index contributed by atoms with van der Waals surface area (Å²) < 4.78 is 35.9. The number of carbonyl (C=O) groups is 1. The zero-order valence-corrected chi connectivity index (χ0v) is 25.8. The molecule has 1 saturated heterocycles. The number of amides is 1. The fourth-order valence-electron chi connectivity index (χ4n) is 5.32. The van der Waals surface area contributed by atoms with Gasteiger partial charge in [0, 0.05) is 44.3 Å². The Balaban J connectivity index is 1.32. The molecule has 9 nitrogen and oxygen atoms in total. The Morgan fingerprint density at radius 1 is 1.00 bits per heavy atom. The standard InChI is InChI=1S/C30H33ClN4O5S2/c1-33-26-13-12-24(20-27(26)40-30(33)37)42(38,39)32-25(14-19-41-2)29(36)35-17-15-34(16-18-35)28(21-6-4-3-5-7-21)22-8-10-23(31)11-9-22/h3-13,20,25,28,32H,14-19H2,1-2H3/t25-,28-/m1/s1. The number of aromatic nitrogens is 1. The highest BCUT2D eigenvalue weighted by Crippen LogP contribution is 2.30. The summed E-state index contributed by atoms with van der Waals surface area (Å²) >= 11 is 7.71. The van der Waals surface area contributed by atoms with Gasteiger partial charge in [-0.25, -0.2) is 13.2 Å². The highest BCUT2D eigenvalue weighted by atomic mass is 35.5. The van der Waals surface area contributed by atoms with Crippen LogP contribution in [-0.4, -0.2) is 72.9 Å². The maximum atomic E-state index is 13.7. The number of hydrogen-bond acceptors (Lipinski definition) is 7. The third-order valence-electron chi connectivity index (χ3n) is 7.57.